The van der Waals surface area contributed by atoms with Crippen LogP contribution in [0.15, 0.2) is 42.6 Å². The Labute approximate surface area is 195 Å². The molecule has 1 unspecified atom stereocenters. The number of aryl methyl sites for hydroxylation is 1. The van der Waals surface area contributed by atoms with Gasteiger partial charge < -0.3 is 19.7 Å². The molecule has 0 saturated carbocycles. The Balaban J connectivity index is 1.80. The van der Waals surface area contributed by atoms with Gasteiger partial charge in [0.2, 0.25) is 5.91 Å². The maximum absolute atomic E-state index is 12.5. The molecule has 176 valence electrons. The molecule has 33 heavy (non-hydrogen) atoms. The Bertz CT molecular complexity index is 1130. The van der Waals surface area contributed by atoms with E-state index in [0.29, 0.717) is 18.6 Å². The van der Waals surface area contributed by atoms with E-state index in [4.69, 9.17) is 4.74 Å². The van der Waals surface area contributed by atoms with Crippen molar-refractivity contribution in [3.8, 4) is 5.75 Å². The van der Waals surface area contributed by atoms with Gasteiger partial charge in [0.15, 0.2) is 0 Å². The third-order valence-corrected chi connectivity index (χ3v) is 6.12. The highest BCUT2D eigenvalue weighted by molar-refractivity contribution is 5.88. The molecule has 1 heterocycles. The number of hydrogen-bond donors (Lipinski definition) is 2. The molecule has 0 fully saturated rings. The van der Waals surface area contributed by atoms with Gasteiger partial charge in [-0.05, 0) is 53.8 Å². The highest BCUT2D eigenvalue weighted by atomic mass is 16.5. The highest BCUT2D eigenvalue weighted by Gasteiger charge is 2.16. The number of rotatable bonds is 11. The van der Waals surface area contributed by atoms with Gasteiger partial charge in [-0.15, -0.1) is 0 Å². The second-order valence-corrected chi connectivity index (χ2v) is 8.73. The van der Waals surface area contributed by atoms with E-state index in [1.807, 2.05) is 20.0 Å². The van der Waals surface area contributed by atoms with Crippen LogP contribution in [-0.4, -0.2) is 35.2 Å². The molecule has 1 amide bonds. The summed E-state index contributed by atoms with van der Waals surface area (Å²) in [4.78, 5) is 23.8. The van der Waals surface area contributed by atoms with E-state index in [-0.39, 0.29) is 17.4 Å². The van der Waals surface area contributed by atoms with Crippen LogP contribution < -0.4 is 10.1 Å². The smallest absolute Gasteiger partial charge is 0.335 e. The second kappa shape index (κ2) is 11.0. The van der Waals surface area contributed by atoms with E-state index >= 15 is 0 Å². The van der Waals surface area contributed by atoms with Gasteiger partial charge in [-0.2, -0.15) is 0 Å². The number of unbranched alkanes of at least 4 members (excludes halogenated alkanes) is 2. The Kier molecular flexibility index (Phi) is 8.15. The zero-order valence-electron chi connectivity index (χ0n) is 20.0. The summed E-state index contributed by atoms with van der Waals surface area (Å²) in [7, 11) is 3.57. The van der Waals surface area contributed by atoms with Crippen molar-refractivity contribution in [1.82, 2.24) is 9.88 Å². The summed E-state index contributed by atoms with van der Waals surface area (Å²) >= 11 is 0. The molecule has 0 bridgehead atoms. The Morgan fingerprint density at radius 2 is 1.91 bits per heavy atom. The van der Waals surface area contributed by atoms with Crippen molar-refractivity contribution in [2.45, 2.75) is 46.0 Å². The first kappa shape index (κ1) is 24.4. The molecule has 0 aliphatic heterocycles. The molecule has 3 rings (SSSR count). The maximum atomic E-state index is 12.5. The molecular formula is C27H34N2O4. The average Bonchev–Trinajstić information content (AvgIpc) is 3.11. The van der Waals surface area contributed by atoms with Crippen LogP contribution in [0.25, 0.3) is 10.9 Å². The number of amides is 1. The van der Waals surface area contributed by atoms with Gasteiger partial charge in [-0.3, -0.25) is 4.79 Å². The van der Waals surface area contributed by atoms with Gasteiger partial charge in [0.25, 0.3) is 0 Å². The lowest BCUT2D eigenvalue weighted by molar-refractivity contribution is -0.124. The molecule has 0 aliphatic carbocycles. The fourth-order valence-electron chi connectivity index (χ4n) is 4.22. The van der Waals surface area contributed by atoms with Gasteiger partial charge in [0.05, 0.1) is 12.7 Å². The topological polar surface area (TPSA) is 80.6 Å². The van der Waals surface area contributed by atoms with Crippen LogP contribution in [0.1, 0.15) is 60.2 Å². The van der Waals surface area contributed by atoms with E-state index in [0.717, 1.165) is 53.4 Å². The van der Waals surface area contributed by atoms with Crippen molar-refractivity contribution in [1.29, 1.82) is 0 Å². The van der Waals surface area contributed by atoms with Gasteiger partial charge in [0.1, 0.15) is 5.75 Å². The lowest BCUT2D eigenvalue weighted by Gasteiger charge is -2.13. The number of aromatic carboxylic acids is 1. The Morgan fingerprint density at radius 3 is 2.61 bits per heavy atom. The fourth-order valence-corrected chi connectivity index (χ4v) is 4.22. The lowest BCUT2D eigenvalue weighted by atomic mass is 9.97. The number of carbonyl (C=O) groups excluding carboxylic acids is 1. The number of ether oxygens (including phenoxy) is 1. The predicted octanol–water partition coefficient (Wildman–Crippen LogP) is 4.96. The summed E-state index contributed by atoms with van der Waals surface area (Å²) < 4.78 is 7.56. The number of carboxylic acids is 1. The fraction of sp³-hybridized carbons (Fsp3) is 0.407. The van der Waals surface area contributed by atoms with Crippen LogP contribution in [0.3, 0.4) is 0 Å². The Morgan fingerprint density at radius 1 is 1.12 bits per heavy atom. The number of carboxylic acid groups (broad SMARTS) is 1. The summed E-state index contributed by atoms with van der Waals surface area (Å²) in [6.45, 7) is 4.86. The van der Waals surface area contributed by atoms with E-state index in [1.165, 1.54) is 0 Å². The van der Waals surface area contributed by atoms with Crippen molar-refractivity contribution >= 4 is 22.8 Å². The number of methoxy groups -OCH3 is 1. The molecule has 0 spiro atoms. The van der Waals surface area contributed by atoms with Crippen molar-refractivity contribution in [3.63, 3.8) is 0 Å². The third kappa shape index (κ3) is 5.95. The minimum absolute atomic E-state index is 0.0973. The molecule has 0 aliphatic rings. The van der Waals surface area contributed by atoms with Crippen molar-refractivity contribution in [2.75, 3.05) is 13.7 Å². The predicted molar refractivity (Wildman–Crippen MR) is 131 cm³/mol. The van der Waals surface area contributed by atoms with Crippen molar-refractivity contribution < 1.29 is 19.4 Å². The van der Waals surface area contributed by atoms with Gasteiger partial charge in [-0.1, -0.05) is 38.8 Å². The molecule has 0 radical (unpaired) electrons. The number of carbonyl (C=O) groups is 2. The summed E-state index contributed by atoms with van der Waals surface area (Å²) in [5, 5.41) is 13.4. The molecule has 6 nitrogen and oxygen atoms in total. The molecule has 6 heteroatoms. The first-order valence-electron chi connectivity index (χ1n) is 11.6. The largest absolute Gasteiger partial charge is 0.496 e. The summed E-state index contributed by atoms with van der Waals surface area (Å²) in [5.74, 6) is -0.405. The standard InChI is InChI=1S/C27H34N2O4/c1-5-6-7-12-28-26(30)18(2)13-19-8-11-24-23(14-19)22(17-29(24)3)15-20-9-10-21(27(31)32)16-25(20)33-4/h8-11,14,16-18H,5-7,12-13,15H2,1-4H3,(H,28,30)(H,31,32). The summed E-state index contributed by atoms with van der Waals surface area (Å²) in [5.41, 5.74) is 4.51. The second-order valence-electron chi connectivity index (χ2n) is 8.73. The van der Waals surface area contributed by atoms with Crippen LogP contribution in [-0.2, 0) is 24.7 Å². The van der Waals surface area contributed by atoms with Gasteiger partial charge in [0, 0.05) is 43.0 Å². The van der Waals surface area contributed by atoms with E-state index in [2.05, 4.69) is 41.2 Å². The number of fused-ring (bicyclic) bond motifs is 1. The number of hydrogen-bond acceptors (Lipinski definition) is 3. The van der Waals surface area contributed by atoms with Crippen LogP contribution >= 0.6 is 0 Å². The molecular weight excluding hydrogens is 416 g/mol. The zero-order chi connectivity index (χ0) is 24.0. The lowest BCUT2D eigenvalue weighted by Crippen LogP contribution is -2.31. The molecule has 0 saturated heterocycles. The van der Waals surface area contributed by atoms with E-state index in [1.54, 1.807) is 19.2 Å². The van der Waals surface area contributed by atoms with Gasteiger partial charge in [-0.25, -0.2) is 4.79 Å². The van der Waals surface area contributed by atoms with Gasteiger partial charge >= 0.3 is 5.97 Å². The molecule has 1 atom stereocenters. The summed E-state index contributed by atoms with van der Waals surface area (Å²) in [6.07, 6.45) is 6.69. The SMILES string of the molecule is CCCCCNC(=O)C(C)Cc1ccc2c(c1)c(Cc1ccc(C(=O)O)cc1OC)cn2C. The van der Waals surface area contributed by atoms with Crippen molar-refractivity contribution in [2.24, 2.45) is 13.0 Å². The maximum Gasteiger partial charge on any atom is 0.335 e. The quantitative estimate of drug-likeness (QED) is 0.405. The normalized spacial score (nSPS) is 12.0. The zero-order valence-corrected chi connectivity index (χ0v) is 20.0. The van der Waals surface area contributed by atoms with Crippen LogP contribution in [0, 0.1) is 5.92 Å². The molecule has 2 N–H and O–H groups in total. The Hall–Kier alpha value is -3.28. The average molecular weight is 451 g/mol. The van der Waals surface area contributed by atoms with Crippen LogP contribution in [0.2, 0.25) is 0 Å². The minimum Gasteiger partial charge on any atom is -0.496 e. The first-order chi connectivity index (χ1) is 15.8. The van der Waals surface area contributed by atoms with E-state index < -0.39 is 5.97 Å². The highest BCUT2D eigenvalue weighted by Crippen LogP contribution is 2.29. The molecule has 1 aromatic heterocycles. The monoisotopic (exact) mass is 450 g/mol. The first-order valence-corrected chi connectivity index (χ1v) is 11.6. The number of benzene rings is 2. The molecule has 2 aromatic carbocycles. The van der Waals surface area contributed by atoms with Crippen molar-refractivity contribution in [3.05, 3.63) is 64.8 Å². The minimum atomic E-state index is -0.974. The van der Waals surface area contributed by atoms with Crippen LogP contribution in [0.5, 0.6) is 5.75 Å². The third-order valence-electron chi connectivity index (χ3n) is 6.12. The summed E-state index contributed by atoms with van der Waals surface area (Å²) in [6, 6.07) is 11.4. The van der Waals surface area contributed by atoms with Crippen LogP contribution in [0.4, 0.5) is 0 Å². The number of nitrogens with zero attached hydrogens (tertiary/aromatic N) is 1. The number of aromatic nitrogens is 1. The van der Waals surface area contributed by atoms with E-state index in [9.17, 15) is 14.7 Å². The molecule has 3 aromatic rings. The number of nitrogens with one attached hydrogen (secondary N) is 1.